The van der Waals surface area contributed by atoms with Crippen LogP contribution in [0.1, 0.15) is 29.1 Å². The van der Waals surface area contributed by atoms with E-state index in [1.165, 1.54) is 0 Å². The topological polar surface area (TPSA) is 55.5 Å². The standard InChI is InChI=1S/C14H20N2O2/c1-10-4-6-12(17-10)9-16(3)13(8-15)14-7-5-11(2)18-14/h4-7,13H,8-9,15H2,1-3H3. The van der Waals surface area contributed by atoms with Crippen LogP contribution in [0.5, 0.6) is 0 Å². The third kappa shape index (κ3) is 2.83. The van der Waals surface area contributed by atoms with Gasteiger partial charge in [0.15, 0.2) is 0 Å². The molecule has 0 aliphatic rings. The lowest BCUT2D eigenvalue weighted by Crippen LogP contribution is -2.29. The predicted octanol–water partition coefficient (Wildman–Crippen LogP) is 2.62. The molecule has 0 aliphatic heterocycles. The molecule has 0 saturated heterocycles. The van der Waals surface area contributed by atoms with Crippen molar-refractivity contribution in [2.24, 2.45) is 5.73 Å². The summed E-state index contributed by atoms with van der Waals surface area (Å²) >= 11 is 0. The van der Waals surface area contributed by atoms with Gasteiger partial charge in [0.05, 0.1) is 12.6 Å². The number of likely N-dealkylation sites (N-methyl/N-ethyl adjacent to an activating group) is 1. The first kappa shape index (κ1) is 12.9. The van der Waals surface area contributed by atoms with Crippen molar-refractivity contribution in [3.8, 4) is 0 Å². The van der Waals surface area contributed by atoms with Crippen LogP contribution in [0.3, 0.4) is 0 Å². The average Bonchev–Trinajstić information content (AvgIpc) is 2.89. The van der Waals surface area contributed by atoms with Gasteiger partial charge in [-0.15, -0.1) is 0 Å². The van der Waals surface area contributed by atoms with Crippen molar-refractivity contribution in [1.82, 2.24) is 4.90 Å². The second-order valence-corrected chi connectivity index (χ2v) is 4.63. The minimum absolute atomic E-state index is 0.0732. The second kappa shape index (κ2) is 5.42. The van der Waals surface area contributed by atoms with Gasteiger partial charge in [-0.2, -0.15) is 0 Å². The van der Waals surface area contributed by atoms with E-state index in [0.29, 0.717) is 6.54 Å². The molecule has 0 spiro atoms. The molecule has 98 valence electrons. The highest BCUT2D eigenvalue weighted by atomic mass is 16.3. The summed E-state index contributed by atoms with van der Waals surface area (Å²) in [6.45, 7) is 5.12. The Labute approximate surface area is 107 Å². The summed E-state index contributed by atoms with van der Waals surface area (Å²) in [4.78, 5) is 2.14. The Hall–Kier alpha value is -1.52. The minimum atomic E-state index is 0.0732. The minimum Gasteiger partial charge on any atom is -0.465 e. The summed E-state index contributed by atoms with van der Waals surface area (Å²) < 4.78 is 11.2. The third-order valence-corrected chi connectivity index (χ3v) is 3.05. The van der Waals surface area contributed by atoms with E-state index in [4.69, 9.17) is 14.6 Å². The van der Waals surface area contributed by atoms with Crippen LogP contribution in [0.4, 0.5) is 0 Å². The summed E-state index contributed by atoms with van der Waals surface area (Å²) in [5, 5.41) is 0. The maximum atomic E-state index is 5.84. The first-order valence-corrected chi connectivity index (χ1v) is 6.12. The molecule has 0 fully saturated rings. The molecule has 2 aromatic heterocycles. The molecular formula is C14H20N2O2. The zero-order valence-corrected chi connectivity index (χ0v) is 11.1. The van der Waals surface area contributed by atoms with Crippen LogP contribution in [0.2, 0.25) is 0 Å². The zero-order valence-electron chi connectivity index (χ0n) is 11.1. The number of aryl methyl sites for hydroxylation is 2. The molecule has 2 heterocycles. The molecule has 0 saturated carbocycles. The molecule has 0 aliphatic carbocycles. The highest BCUT2D eigenvalue weighted by Crippen LogP contribution is 2.22. The molecule has 2 rings (SSSR count). The van der Waals surface area contributed by atoms with Gasteiger partial charge >= 0.3 is 0 Å². The molecule has 2 aromatic rings. The van der Waals surface area contributed by atoms with Crippen LogP contribution in [0.15, 0.2) is 33.1 Å². The predicted molar refractivity (Wildman–Crippen MR) is 70.2 cm³/mol. The number of furan rings is 2. The van der Waals surface area contributed by atoms with Crippen molar-refractivity contribution >= 4 is 0 Å². The normalized spacial score (nSPS) is 13.2. The average molecular weight is 248 g/mol. The Kier molecular flexibility index (Phi) is 3.89. The van der Waals surface area contributed by atoms with E-state index in [-0.39, 0.29) is 6.04 Å². The van der Waals surface area contributed by atoms with Gasteiger partial charge in [-0.1, -0.05) is 0 Å². The quantitative estimate of drug-likeness (QED) is 0.883. The fraction of sp³-hybridized carbons (Fsp3) is 0.429. The first-order chi connectivity index (χ1) is 8.60. The van der Waals surface area contributed by atoms with E-state index in [9.17, 15) is 0 Å². The van der Waals surface area contributed by atoms with Gasteiger partial charge in [-0.25, -0.2) is 0 Å². The summed E-state index contributed by atoms with van der Waals surface area (Å²) in [7, 11) is 2.02. The van der Waals surface area contributed by atoms with Crippen LogP contribution >= 0.6 is 0 Å². The molecule has 2 N–H and O–H groups in total. The third-order valence-electron chi connectivity index (χ3n) is 3.05. The van der Waals surface area contributed by atoms with E-state index in [1.807, 2.05) is 45.2 Å². The fourth-order valence-corrected chi connectivity index (χ4v) is 2.07. The van der Waals surface area contributed by atoms with Crippen LogP contribution in [-0.4, -0.2) is 18.5 Å². The number of nitrogens with zero attached hydrogens (tertiary/aromatic N) is 1. The molecule has 1 unspecified atom stereocenters. The van der Waals surface area contributed by atoms with E-state index >= 15 is 0 Å². The summed E-state index contributed by atoms with van der Waals surface area (Å²) in [5.41, 5.74) is 5.84. The Morgan fingerprint density at radius 1 is 1.11 bits per heavy atom. The van der Waals surface area contributed by atoms with Crippen LogP contribution < -0.4 is 5.73 Å². The van der Waals surface area contributed by atoms with Gasteiger partial charge in [0.2, 0.25) is 0 Å². The van der Waals surface area contributed by atoms with Crippen molar-refractivity contribution in [3.63, 3.8) is 0 Å². The lowest BCUT2D eigenvalue weighted by molar-refractivity contribution is 0.196. The second-order valence-electron chi connectivity index (χ2n) is 4.63. The summed E-state index contributed by atoms with van der Waals surface area (Å²) in [6.07, 6.45) is 0. The van der Waals surface area contributed by atoms with Gasteiger partial charge in [0.1, 0.15) is 23.0 Å². The van der Waals surface area contributed by atoms with Crippen LogP contribution in [-0.2, 0) is 6.54 Å². The number of rotatable bonds is 5. The van der Waals surface area contributed by atoms with Crippen molar-refractivity contribution < 1.29 is 8.83 Å². The molecular weight excluding hydrogens is 228 g/mol. The largest absolute Gasteiger partial charge is 0.465 e. The van der Waals surface area contributed by atoms with Crippen molar-refractivity contribution in [1.29, 1.82) is 0 Å². The first-order valence-electron chi connectivity index (χ1n) is 6.12. The fourth-order valence-electron chi connectivity index (χ4n) is 2.07. The molecule has 0 amide bonds. The lowest BCUT2D eigenvalue weighted by atomic mass is 10.2. The maximum absolute atomic E-state index is 5.84. The SMILES string of the molecule is Cc1ccc(CN(C)C(CN)c2ccc(C)o2)o1. The van der Waals surface area contributed by atoms with Gasteiger partial charge in [0.25, 0.3) is 0 Å². The molecule has 4 nitrogen and oxygen atoms in total. The van der Waals surface area contributed by atoms with Gasteiger partial charge < -0.3 is 14.6 Å². The number of nitrogens with two attached hydrogens (primary N) is 1. The van der Waals surface area contributed by atoms with E-state index in [1.54, 1.807) is 0 Å². The van der Waals surface area contributed by atoms with Crippen LogP contribution in [0, 0.1) is 13.8 Å². The Bertz CT molecular complexity index is 501. The van der Waals surface area contributed by atoms with Crippen LogP contribution in [0.25, 0.3) is 0 Å². The summed E-state index contributed by atoms with van der Waals surface area (Å²) in [6, 6.07) is 7.98. The van der Waals surface area contributed by atoms with E-state index in [2.05, 4.69) is 4.90 Å². The van der Waals surface area contributed by atoms with Gasteiger partial charge in [-0.3, -0.25) is 4.90 Å². The molecule has 18 heavy (non-hydrogen) atoms. The smallest absolute Gasteiger partial charge is 0.122 e. The lowest BCUT2D eigenvalue weighted by Gasteiger charge is -2.24. The highest BCUT2D eigenvalue weighted by Gasteiger charge is 2.19. The van der Waals surface area contributed by atoms with Gasteiger partial charge in [-0.05, 0) is 45.2 Å². The van der Waals surface area contributed by atoms with E-state index < -0.39 is 0 Å². The molecule has 4 heteroatoms. The molecule has 0 aromatic carbocycles. The number of hydrogen-bond acceptors (Lipinski definition) is 4. The van der Waals surface area contributed by atoms with E-state index in [0.717, 1.165) is 29.6 Å². The Morgan fingerprint density at radius 2 is 1.78 bits per heavy atom. The van der Waals surface area contributed by atoms with Crippen molar-refractivity contribution in [2.75, 3.05) is 13.6 Å². The molecule has 0 bridgehead atoms. The number of hydrogen-bond donors (Lipinski definition) is 1. The Morgan fingerprint density at radius 3 is 2.28 bits per heavy atom. The Balaban J connectivity index is 2.08. The maximum Gasteiger partial charge on any atom is 0.122 e. The van der Waals surface area contributed by atoms with Gasteiger partial charge in [0, 0.05) is 6.54 Å². The van der Waals surface area contributed by atoms with Crippen molar-refractivity contribution in [3.05, 3.63) is 47.3 Å². The highest BCUT2D eigenvalue weighted by molar-refractivity contribution is 5.11. The molecule has 1 atom stereocenters. The molecule has 0 radical (unpaired) electrons. The van der Waals surface area contributed by atoms with Crippen molar-refractivity contribution in [2.45, 2.75) is 26.4 Å². The summed E-state index contributed by atoms with van der Waals surface area (Å²) in [5.74, 6) is 3.68. The monoisotopic (exact) mass is 248 g/mol. The zero-order chi connectivity index (χ0) is 13.1.